The largest absolute Gasteiger partial charge is 0.383 e. The molecule has 0 aliphatic heterocycles. The van der Waals surface area contributed by atoms with Gasteiger partial charge in [-0.15, -0.1) is 0 Å². The number of ether oxygens (including phenoxy) is 1. The number of pyridine rings is 1. The zero-order chi connectivity index (χ0) is 21.6. The lowest BCUT2D eigenvalue weighted by Crippen LogP contribution is -2.42. The van der Waals surface area contributed by atoms with Gasteiger partial charge >= 0.3 is 0 Å². The molecule has 2 heterocycles. The first kappa shape index (κ1) is 21.9. The summed E-state index contributed by atoms with van der Waals surface area (Å²) in [5.74, 6) is 2.10. The van der Waals surface area contributed by atoms with E-state index in [2.05, 4.69) is 37.8 Å². The van der Waals surface area contributed by atoms with Crippen LogP contribution in [0.15, 0.2) is 24.5 Å². The average molecular weight is 429 g/mol. The van der Waals surface area contributed by atoms with E-state index in [-0.39, 0.29) is 0 Å². The Morgan fingerprint density at radius 2 is 1.87 bits per heavy atom. The SMILES string of the molecule is COCC(C)NC1CCC(Nc2cc(-c3nccc(NCC4CC4)n3)c(F)cn2)CC1. The van der Waals surface area contributed by atoms with Crippen LogP contribution >= 0.6 is 0 Å². The maximum absolute atomic E-state index is 14.5. The third-order valence-electron chi connectivity index (χ3n) is 6.04. The van der Waals surface area contributed by atoms with Crippen LogP contribution in [0.25, 0.3) is 11.4 Å². The molecule has 4 rings (SSSR count). The van der Waals surface area contributed by atoms with Gasteiger partial charge in [-0.25, -0.2) is 19.3 Å². The van der Waals surface area contributed by atoms with Gasteiger partial charge in [0.1, 0.15) is 11.6 Å². The fourth-order valence-electron chi connectivity index (χ4n) is 4.16. The summed E-state index contributed by atoms with van der Waals surface area (Å²) in [5, 5.41) is 10.4. The van der Waals surface area contributed by atoms with Crippen LogP contribution in [-0.4, -0.2) is 53.3 Å². The lowest BCUT2D eigenvalue weighted by atomic mass is 9.90. The van der Waals surface area contributed by atoms with Crippen molar-refractivity contribution in [2.24, 2.45) is 5.92 Å². The minimum Gasteiger partial charge on any atom is -0.383 e. The molecule has 7 nitrogen and oxygen atoms in total. The van der Waals surface area contributed by atoms with E-state index in [4.69, 9.17) is 4.74 Å². The molecule has 2 fully saturated rings. The summed E-state index contributed by atoms with van der Waals surface area (Å²) in [6, 6.07) is 4.74. The monoisotopic (exact) mass is 428 g/mol. The number of aromatic nitrogens is 3. The zero-order valence-corrected chi connectivity index (χ0v) is 18.4. The Bertz CT molecular complexity index is 854. The van der Waals surface area contributed by atoms with Gasteiger partial charge in [-0.3, -0.25) is 0 Å². The highest BCUT2D eigenvalue weighted by atomic mass is 19.1. The second-order valence-corrected chi connectivity index (χ2v) is 8.86. The van der Waals surface area contributed by atoms with Crippen molar-refractivity contribution in [1.82, 2.24) is 20.3 Å². The number of hydrogen-bond acceptors (Lipinski definition) is 7. The zero-order valence-electron chi connectivity index (χ0n) is 18.4. The minimum atomic E-state index is -0.412. The lowest BCUT2D eigenvalue weighted by molar-refractivity contribution is 0.161. The molecule has 2 aliphatic carbocycles. The van der Waals surface area contributed by atoms with Crippen molar-refractivity contribution in [3.63, 3.8) is 0 Å². The van der Waals surface area contributed by atoms with E-state index in [0.717, 1.165) is 50.6 Å². The average Bonchev–Trinajstić information content (AvgIpc) is 3.60. The van der Waals surface area contributed by atoms with Gasteiger partial charge in [0, 0.05) is 38.0 Å². The van der Waals surface area contributed by atoms with Crippen molar-refractivity contribution in [3.8, 4) is 11.4 Å². The van der Waals surface area contributed by atoms with Crippen LogP contribution in [0, 0.1) is 11.7 Å². The molecular weight excluding hydrogens is 395 g/mol. The van der Waals surface area contributed by atoms with Crippen molar-refractivity contribution in [2.45, 2.75) is 63.6 Å². The highest BCUT2D eigenvalue weighted by Crippen LogP contribution is 2.29. The Morgan fingerprint density at radius 3 is 2.61 bits per heavy atom. The smallest absolute Gasteiger partial charge is 0.164 e. The number of halogens is 1. The van der Waals surface area contributed by atoms with Crippen molar-refractivity contribution in [1.29, 1.82) is 0 Å². The van der Waals surface area contributed by atoms with Crippen molar-refractivity contribution >= 4 is 11.6 Å². The summed E-state index contributed by atoms with van der Waals surface area (Å²) < 4.78 is 19.7. The van der Waals surface area contributed by atoms with E-state index < -0.39 is 5.82 Å². The standard InChI is InChI=1S/C23H33FN6O/c1-15(14-31-2)28-17-5-7-18(8-6-17)29-22-11-19(20(24)13-27-22)23-25-10-9-21(30-23)26-12-16-3-4-16/h9-11,13,15-18,28H,3-8,12,14H2,1-2H3,(H,27,29)(H,25,26,30). The molecule has 3 N–H and O–H groups in total. The van der Waals surface area contributed by atoms with Gasteiger partial charge in [0.15, 0.2) is 11.6 Å². The van der Waals surface area contributed by atoms with Crippen molar-refractivity contribution in [3.05, 3.63) is 30.3 Å². The van der Waals surface area contributed by atoms with Gasteiger partial charge in [-0.05, 0) is 63.5 Å². The number of rotatable bonds is 10. The Labute approximate surface area is 183 Å². The maximum atomic E-state index is 14.5. The number of methoxy groups -OCH3 is 1. The van der Waals surface area contributed by atoms with Gasteiger partial charge in [-0.2, -0.15) is 0 Å². The first-order chi connectivity index (χ1) is 15.1. The molecule has 2 aliphatic rings. The molecule has 0 aromatic carbocycles. The molecule has 2 saturated carbocycles. The van der Waals surface area contributed by atoms with Crippen LogP contribution in [0.1, 0.15) is 45.4 Å². The van der Waals surface area contributed by atoms with Gasteiger partial charge in [0.2, 0.25) is 0 Å². The van der Waals surface area contributed by atoms with Gasteiger partial charge < -0.3 is 20.7 Å². The second-order valence-electron chi connectivity index (χ2n) is 8.86. The topological polar surface area (TPSA) is 84.0 Å². The van der Waals surface area contributed by atoms with Gasteiger partial charge in [-0.1, -0.05) is 0 Å². The Kier molecular flexibility index (Phi) is 7.29. The van der Waals surface area contributed by atoms with E-state index in [9.17, 15) is 4.39 Å². The van der Waals surface area contributed by atoms with Crippen molar-refractivity contribution < 1.29 is 9.13 Å². The molecule has 0 bridgehead atoms. The molecule has 168 valence electrons. The lowest BCUT2D eigenvalue weighted by Gasteiger charge is -2.31. The molecule has 0 saturated heterocycles. The molecule has 8 heteroatoms. The highest BCUT2D eigenvalue weighted by Gasteiger charge is 2.23. The van der Waals surface area contributed by atoms with E-state index in [1.165, 1.54) is 19.0 Å². The van der Waals surface area contributed by atoms with E-state index in [1.807, 2.05) is 6.07 Å². The fourth-order valence-corrected chi connectivity index (χ4v) is 4.16. The van der Waals surface area contributed by atoms with E-state index in [1.54, 1.807) is 19.4 Å². The van der Waals surface area contributed by atoms with Crippen LogP contribution in [0.3, 0.4) is 0 Å². The van der Waals surface area contributed by atoms with Crippen LogP contribution in [0.4, 0.5) is 16.0 Å². The Morgan fingerprint density at radius 1 is 1.10 bits per heavy atom. The summed E-state index contributed by atoms with van der Waals surface area (Å²) >= 11 is 0. The number of anilines is 2. The van der Waals surface area contributed by atoms with Gasteiger partial charge in [0.25, 0.3) is 0 Å². The third kappa shape index (κ3) is 6.33. The van der Waals surface area contributed by atoms with Crippen LogP contribution in [0.2, 0.25) is 0 Å². The normalized spacial score (nSPS) is 22.2. The van der Waals surface area contributed by atoms with E-state index >= 15 is 0 Å². The van der Waals surface area contributed by atoms with Crippen LogP contribution in [-0.2, 0) is 4.74 Å². The molecule has 0 spiro atoms. The predicted octanol–water partition coefficient (Wildman–Crippen LogP) is 3.85. The summed E-state index contributed by atoms with van der Waals surface area (Å²) in [5.41, 5.74) is 0.372. The summed E-state index contributed by atoms with van der Waals surface area (Å²) in [6.07, 6.45) is 9.74. The first-order valence-corrected chi connectivity index (χ1v) is 11.3. The summed E-state index contributed by atoms with van der Waals surface area (Å²) in [6.45, 7) is 3.78. The molecule has 1 unspecified atom stereocenters. The maximum Gasteiger partial charge on any atom is 0.164 e. The van der Waals surface area contributed by atoms with Crippen molar-refractivity contribution in [2.75, 3.05) is 30.9 Å². The van der Waals surface area contributed by atoms with Gasteiger partial charge in [0.05, 0.1) is 18.4 Å². The molecule has 0 amide bonds. The number of hydrogen-bond donors (Lipinski definition) is 3. The number of nitrogens with zero attached hydrogens (tertiary/aromatic N) is 3. The predicted molar refractivity (Wildman–Crippen MR) is 121 cm³/mol. The molecule has 31 heavy (non-hydrogen) atoms. The third-order valence-corrected chi connectivity index (χ3v) is 6.04. The quantitative estimate of drug-likeness (QED) is 0.530. The minimum absolute atomic E-state index is 0.328. The molecule has 2 aromatic heterocycles. The highest BCUT2D eigenvalue weighted by molar-refractivity contribution is 5.61. The number of nitrogens with one attached hydrogen (secondary N) is 3. The van der Waals surface area contributed by atoms with Crippen LogP contribution in [0.5, 0.6) is 0 Å². The van der Waals surface area contributed by atoms with E-state index in [0.29, 0.717) is 35.3 Å². The molecule has 0 radical (unpaired) electrons. The Balaban J connectivity index is 1.35. The molecule has 1 atom stereocenters. The fraction of sp³-hybridized carbons (Fsp3) is 0.609. The molecule has 2 aromatic rings. The first-order valence-electron chi connectivity index (χ1n) is 11.3. The Hall–Kier alpha value is -2.32. The summed E-state index contributed by atoms with van der Waals surface area (Å²) in [7, 11) is 1.73. The van der Waals surface area contributed by atoms with Crippen LogP contribution < -0.4 is 16.0 Å². The second kappa shape index (κ2) is 10.3. The summed E-state index contributed by atoms with van der Waals surface area (Å²) in [4.78, 5) is 13.0. The molecular formula is C23H33FN6O.